The van der Waals surface area contributed by atoms with Crippen molar-refractivity contribution in [2.45, 2.75) is 33.1 Å². The molecule has 0 spiro atoms. The van der Waals surface area contributed by atoms with Crippen LogP contribution in [0.2, 0.25) is 0 Å². The van der Waals surface area contributed by atoms with E-state index < -0.39 is 5.97 Å². The lowest BCUT2D eigenvalue weighted by molar-refractivity contribution is -0.116. The van der Waals surface area contributed by atoms with Crippen LogP contribution in [0.5, 0.6) is 0 Å². The summed E-state index contributed by atoms with van der Waals surface area (Å²) >= 11 is 0. The number of rotatable bonds is 5. The monoisotopic (exact) mass is 249 g/mol. The molecule has 1 aromatic carbocycles. The van der Waals surface area contributed by atoms with E-state index in [1.807, 2.05) is 19.9 Å². The number of benzene rings is 1. The molecule has 0 saturated carbocycles. The van der Waals surface area contributed by atoms with Gasteiger partial charge >= 0.3 is 5.97 Å². The zero-order valence-electron chi connectivity index (χ0n) is 11.1. The SMILES string of the molecule is CCCCC(=O)Nc1ccc(C)cc1C(=O)OC. The van der Waals surface area contributed by atoms with Crippen molar-refractivity contribution in [1.82, 2.24) is 0 Å². The maximum absolute atomic E-state index is 11.7. The third-order valence-electron chi connectivity index (χ3n) is 2.61. The molecule has 0 heterocycles. The summed E-state index contributed by atoms with van der Waals surface area (Å²) in [5.74, 6) is -0.518. The van der Waals surface area contributed by atoms with Gasteiger partial charge in [0.25, 0.3) is 0 Å². The summed E-state index contributed by atoms with van der Waals surface area (Å²) in [4.78, 5) is 23.3. The summed E-state index contributed by atoms with van der Waals surface area (Å²) in [5.41, 5.74) is 1.85. The minimum absolute atomic E-state index is 0.0779. The van der Waals surface area contributed by atoms with Gasteiger partial charge in [-0.1, -0.05) is 25.0 Å². The van der Waals surface area contributed by atoms with Gasteiger partial charge in [0.2, 0.25) is 5.91 Å². The number of esters is 1. The fourth-order valence-electron chi connectivity index (χ4n) is 1.60. The van der Waals surface area contributed by atoms with Gasteiger partial charge in [-0.2, -0.15) is 0 Å². The summed E-state index contributed by atoms with van der Waals surface area (Å²) in [6.07, 6.45) is 2.27. The van der Waals surface area contributed by atoms with E-state index in [4.69, 9.17) is 4.74 Å². The van der Waals surface area contributed by atoms with Gasteiger partial charge in [-0.05, 0) is 25.5 Å². The third kappa shape index (κ3) is 3.87. The first kappa shape index (κ1) is 14.2. The number of ether oxygens (including phenoxy) is 1. The van der Waals surface area contributed by atoms with E-state index in [-0.39, 0.29) is 5.91 Å². The lowest BCUT2D eigenvalue weighted by Gasteiger charge is -2.10. The molecule has 1 N–H and O–H groups in total. The Kier molecular flexibility index (Phi) is 5.36. The van der Waals surface area contributed by atoms with E-state index in [0.29, 0.717) is 17.7 Å². The quantitative estimate of drug-likeness (QED) is 0.816. The molecule has 1 rings (SSSR count). The van der Waals surface area contributed by atoms with E-state index in [9.17, 15) is 9.59 Å². The van der Waals surface area contributed by atoms with E-state index >= 15 is 0 Å². The van der Waals surface area contributed by atoms with Crippen LogP contribution in [0.25, 0.3) is 0 Å². The largest absolute Gasteiger partial charge is 0.465 e. The van der Waals surface area contributed by atoms with E-state index in [1.54, 1.807) is 12.1 Å². The Balaban J connectivity index is 2.87. The van der Waals surface area contributed by atoms with Crippen molar-refractivity contribution < 1.29 is 14.3 Å². The van der Waals surface area contributed by atoms with Crippen molar-refractivity contribution in [2.24, 2.45) is 0 Å². The fraction of sp³-hybridized carbons (Fsp3) is 0.429. The van der Waals surface area contributed by atoms with Crippen LogP contribution < -0.4 is 5.32 Å². The normalized spacial score (nSPS) is 9.94. The van der Waals surface area contributed by atoms with Gasteiger partial charge in [0.05, 0.1) is 18.4 Å². The molecule has 0 bridgehead atoms. The Morgan fingerprint density at radius 2 is 2.06 bits per heavy atom. The first-order valence-electron chi connectivity index (χ1n) is 6.07. The van der Waals surface area contributed by atoms with E-state index in [1.165, 1.54) is 7.11 Å². The molecule has 18 heavy (non-hydrogen) atoms. The molecule has 0 aliphatic carbocycles. The molecule has 0 atom stereocenters. The highest BCUT2D eigenvalue weighted by Gasteiger charge is 2.13. The molecule has 0 radical (unpaired) electrons. The molecule has 1 amide bonds. The maximum atomic E-state index is 11.7. The van der Waals surface area contributed by atoms with E-state index in [0.717, 1.165) is 18.4 Å². The molecule has 0 fully saturated rings. The predicted octanol–water partition coefficient (Wildman–Crippen LogP) is 2.91. The number of nitrogens with one attached hydrogen (secondary N) is 1. The van der Waals surface area contributed by atoms with Crippen LogP contribution >= 0.6 is 0 Å². The molecular weight excluding hydrogens is 230 g/mol. The van der Waals surface area contributed by atoms with E-state index in [2.05, 4.69) is 5.32 Å². The van der Waals surface area contributed by atoms with Gasteiger partial charge in [0, 0.05) is 6.42 Å². The topological polar surface area (TPSA) is 55.4 Å². The molecule has 4 heteroatoms. The van der Waals surface area contributed by atoms with Crippen molar-refractivity contribution in [3.8, 4) is 0 Å². The average molecular weight is 249 g/mol. The van der Waals surface area contributed by atoms with Crippen LogP contribution in [0, 0.1) is 6.92 Å². The second-order valence-corrected chi connectivity index (χ2v) is 4.19. The second kappa shape index (κ2) is 6.79. The molecule has 1 aromatic rings. The molecule has 0 aliphatic rings. The van der Waals surface area contributed by atoms with Crippen molar-refractivity contribution in [1.29, 1.82) is 0 Å². The Hall–Kier alpha value is -1.84. The molecule has 0 unspecified atom stereocenters. The van der Waals surface area contributed by atoms with Crippen molar-refractivity contribution in [2.75, 3.05) is 12.4 Å². The Bertz CT molecular complexity index is 441. The smallest absolute Gasteiger partial charge is 0.339 e. The number of aryl methyl sites for hydroxylation is 1. The highest BCUT2D eigenvalue weighted by molar-refractivity contribution is 6.01. The number of hydrogen-bond donors (Lipinski definition) is 1. The molecule has 0 saturated heterocycles. The average Bonchev–Trinajstić information content (AvgIpc) is 2.37. The first-order chi connectivity index (χ1) is 8.58. The number of unbranched alkanes of at least 4 members (excludes halogenated alkanes) is 1. The van der Waals surface area contributed by atoms with Gasteiger partial charge in [0.1, 0.15) is 0 Å². The zero-order chi connectivity index (χ0) is 13.5. The number of amides is 1. The summed E-state index contributed by atoms with van der Waals surface area (Å²) in [7, 11) is 1.33. The number of carbonyl (C=O) groups excluding carboxylic acids is 2. The predicted molar refractivity (Wildman–Crippen MR) is 70.7 cm³/mol. The lowest BCUT2D eigenvalue weighted by Crippen LogP contribution is -2.15. The first-order valence-corrected chi connectivity index (χ1v) is 6.07. The highest BCUT2D eigenvalue weighted by atomic mass is 16.5. The summed E-state index contributed by atoms with van der Waals surface area (Å²) in [6.45, 7) is 3.91. The standard InChI is InChI=1S/C14H19NO3/c1-4-5-6-13(16)15-12-8-7-10(2)9-11(12)14(17)18-3/h7-9H,4-6H2,1-3H3,(H,15,16). The van der Waals surface area contributed by atoms with Crippen LogP contribution in [0.3, 0.4) is 0 Å². The zero-order valence-corrected chi connectivity index (χ0v) is 11.1. The van der Waals surface area contributed by atoms with Gasteiger partial charge in [-0.25, -0.2) is 4.79 Å². The number of carbonyl (C=O) groups is 2. The molecule has 4 nitrogen and oxygen atoms in total. The van der Waals surface area contributed by atoms with Crippen LogP contribution in [0.15, 0.2) is 18.2 Å². The van der Waals surface area contributed by atoms with Crippen molar-refractivity contribution in [3.63, 3.8) is 0 Å². The minimum Gasteiger partial charge on any atom is -0.465 e. The summed E-state index contributed by atoms with van der Waals surface area (Å²) in [5, 5.41) is 2.75. The van der Waals surface area contributed by atoms with Gasteiger partial charge in [-0.3, -0.25) is 4.79 Å². The van der Waals surface area contributed by atoms with Crippen LogP contribution in [-0.4, -0.2) is 19.0 Å². The third-order valence-corrected chi connectivity index (χ3v) is 2.61. The number of anilines is 1. The number of hydrogen-bond acceptors (Lipinski definition) is 3. The summed E-state index contributed by atoms with van der Waals surface area (Å²) in [6, 6.07) is 5.29. The molecule has 0 aliphatic heterocycles. The highest BCUT2D eigenvalue weighted by Crippen LogP contribution is 2.18. The lowest BCUT2D eigenvalue weighted by atomic mass is 10.1. The Labute approximate surface area is 107 Å². The second-order valence-electron chi connectivity index (χ2n) is 4.19. The molecular formula is C14H19NO3. The van der Waals surface area contributed by atoms with Gasteiger partial charge < -0.3 is 10.1 Å². The van der Waals surface area contributed by atoms with Crippen molar-refractivity contribution >= 4 is 17.6 Å². The van der Waals surface area contributed by atoms with Crippen molar-refractivity contribution in [3.05, 3.63) is 29.3 Å². The fourth-order valence-corrected chi connectivity index (χ4v) is 1.60. The maximum Gasteiger partial charge on any atom is 0.339 e. The number of methoxy groups -OCH3 is 1. The van der Waals surface area contributed by atoms with Crippen LogP contribution in [0.1, 0.15) is 42.1 Å². The van der Waals surface area contributed by atoms with Crippen LogP contribution in [-0.2, 0) is 9.53 Å². The van der Waals surface area contributed by atoms with Crippen LogP contribution in [0.4, 0.5) is 5.69 Å². The minimum atomic E-state index is -0.440. The Morgan fingerprint density at radius 3 is 2.67 bits per heavy atom. The van der Waals surface area contributed by atoms with Gasteiger partial charge in [0.15, 0.2) is 0 Å². The molecule has 98 valence electrons. The molecule has 0 aromatic heterocycles. The summed E-state index contributed by atoms with van der Waals surface area (Å²) < 4.78 is 4.70. The van der Waals surface area contributed by atoms with Gasteiger partial charge in [-0.15, -0.1) is 0 Å². The Morgan fingerprint density at radius 1 is 1.33 bits per heavy atom.